The number of nitrogens with two attached hydrogens (primary N) is 1. The summed E-state index contributed by atoms with van der Waals surface area (Å²) in [4.78, 5) is 11.9. The molecule has 3 nitrogen and oxygen atoms in total. The van der Waals surface area contributed by atoms with E-state index in [1.165, 1.54) is 0 Å². The minimum atomic E-state index is 0.0116. The lowest BCUT2D eigenvalue weighted by Gasteiger charge is -2.08. The zero-order valence-electron chi connectivity index (χ0n) is 11.0. The second-order valence-corrected chi connectivity index (χ2v) is 4.56. The maximum Gasteiger partial charge on any atom is 0.224 e. The molecule has 0 radical (unpaired) electrons. The van der Waals surface area contributed by atoms with Gasteiger partial charge in [-0.15, -0.1) is 0 Å². The van der Waals surface area contributed by atoms with Gasteiger partial charge in [0.2, 0.25) is 5.91 Å². The van der Waals surface area contributed by atoms with Gasteiger partial charge < -0.3 is 11.1 Å². The van der Waals surface area contributed by atoms with Crippen LogP contribution in [0.4, 0.5) is 11.4 Å². The SMILES string of the molecule is Cc1ccccc1NC(=O)CCc1ccccc1N. The number of nitrogens with one attached hydrogen (secondary N) is 1. The van der Waals surface area contributed by atoms with E-state index in [2.05, 4.69) is 5.32 Å². The van der Waals surface area contributed by atoms with Crippen molar-refractivity contribution in [3.63, 3.8) is 0 Å². The van der Waals surface area contributed by atoms with Gasteiger partial charge in [0, 0.05) is 17.8 Å². The van der Waals surface area contributed by atoms with Crippen molar-refractivity contribution in [1.82, 2.24) is 0 Å². The molecule has 3 heteroatoms. The van der Waals surface area contributed by atoms with E-state index in [-0.39, 0.29) is 5.91 Å². The summed E-state index contributed by atoms with van der Waals surface area (Å²) in [7, 11) is 0. The molecule has 0 aliphatic carbocycles. The molecule has 0 aliphatic heterocycles. The number of para-hydroxylation sites is 2. The van der Waals surface area contributed by atoms with Crippen molar-refractivity contribution in [3.05, 3.63) is 59.7 Å². The summed E-state index contributed by atoms with van der Waals surface area (Å²) in [5.41, 5.74) is 9.54. The number of hydrogen-bond acceptors (Lipinski definition) is 2. The molecule has 2 rings (SSSR count). The molecule has 19 heavy (non-hydrogen) atoms. The predicted molar refractivity (Wildman–Crippen MR) is 79.0 cm³/mol. The van der Waals surface area contributed by atoms with Gasteiger partial charge >= 0.3 is 0 Å². The van der Waals surface area contributed by atoms with E-state index >= 15 is 0 Å². The van der Waals surface area contributed by atoms with Gasteiger partial charge in [0.05, 0.1) is 0 Å². The van der Waals surface area contributed by atoms with Gasteiger partial charge in [0.1, 0.15) is 0 Å². The smallest absolute Gasteiger partial charge is 0.224 e. The molecule has 0 aromatic heterocycles. The normalized spacial score (nSPS) is 10.2. The number of anilines is 2. The van der Waals surface area contributed by atoms with Crippen LogP contribution in [0.5, 0.6) is 0 Å². The number of amides is 1. The standard InChI is InChI=1S/C16H18N2O/c1-12-6-2-5-9-15(12)18-16(19)11-10-13-7-3-4-8-14(13)17/h2-9H,10-11,17H2,1H3,(H,18,19). The average molecular weight is 254 g/mol. The Labute approximate surface area is 113 Å². The van der Waals surface area contributed by atoms with Crippen molar-refractivity contribution in [3.8, 4) is 0 Å². The zero-order valence-corrected chi connectivity index (χ0v) is 11.0. The number of nitrogen functional groups attached to an aromatic ring is 1. The summed E-state index contributed by atoms with van der Waals surface area (Å²) in [5, 5.41) is 2.92. The monoisotopic (exact) mass is 254 g/mol. The Bertz CT molecular complexity index is 578. The van der Waals surface area contributed by atoms with Crippen molar-refractivity contribution in [2.24, 2.45) is 0 Å². The summed E-state index contributed by atoms with van der Waals surface area (Å²) < 4.78 is 0. The molecule has 0 aliphatic rings. The van der Waals surface area contributed by atoms with E-state index < -0.39 is 0 Å². The first-order valence-corrected chi connectivity index (χ1v) is 6.35. The second kappa shape index (κ2) is 6.05. The Kier molecular flexibility index (Phi) is 4.18. The van der Waals surface area contributed by atoms with Gasteiger partial charge in [0.25, 0.3) is 0 Å². The van der Waals surface area contributed by atoms with Crippen molar-refractivity contribution in [2.45, 2.75) is 19.8 Å². The third-order valence-corrected chi connectivity index (χ3v) is 3.10. The fourth-order valence-electron chi connectivity index (χ4n) is 1.94. The second-order valence-electron chi connectivity index (χ2n) is 4.56. The summed E-state index contributed by atoms with van der Waals surface area (Å²) in [6, 6.07) is 15.4. The first kappa shape index (κ1) is 13.1. The molecule has 0 unspecified atom stereocenters. The lowest BCUT2D eigenvalue weighted by Crippen LogP contribution is -2.13. The molecule has 2 aromatic rings. The van der Waals surface area contributed by atoms with Crippen molar-refractivity contribution in [1.29, 1.82) is 0 Å². The lowest BCUT2D eigenvalue weighted by molar-refractivity contribution is -0.116. The number of carbonyl (C=O) groups excluding carboxylic acids is 1. The van der Waals surface area contributed by atoms with Crippen LogP contribution in [-0.4, -0.2) is 5.91 Å². The molecule has 0 saturated heterocycles. The Hall–Kier alpha value is -2.29. The Morgan fingerprint density at radius 3 is 2.53 bits per heavy atom. The number of rotatable bonds is 4. The predicted octanol–water partition coefficient (Wildman–Crippen LogP) is 3.15. The maximum absolute atomic E-state index is 11.9. The summed E-state index contributed by atoms with van der Waals surface area (Å²) in [6.45, 7) is 1.98. The largest absolute Gasteiger partial charge is 0.399 e. The van der Waals surface area contributed by atoms with Gasteiger partial charge in [-0.25, -0.2) is 0 Å². The van der Waals surface area contributed by atoms with Gasteiger partial charge in [-0.05, 0) is 36.6 Å². The number of carbonyl (C=O) groups is 1. The molecule has 0 saturated carbocycles. The van der Waals surface area contributed by atoms with Gasteiger partial charge in [-0.3, -0.25) is 4.79 Å². The van der Waals surface area contributed by atoms with Crippen LogP contribution in [0.25, 0.3) is 0 Å². The molecule has 98 valence electrons. The molecule has 2 aromatic carbocycles. The Balaban J connectivity index is 1.92. The van der Waals surface area contributed by atoms with Crippen LogP contribution in [0, 0.1) is 6.92 Å². The number of hydrogen-bond donors (Lipinski definition) is 2. The molecular formula is C16H18N2O. The highest BCUT2D eigenvalue weighted by Crippen LogP contribution is 2.15. The first-order valence-electron chi connectivity index (χ1n) is 6.35. The van der Waals surface area contributed by atoms with Crippen LogP contribution in [0.1, 0.15) is 17.5 Å². The molecule has 0 bridgehead atoms. The van der Waals surface area contributed by atoms with E-state index in [9.17, 15) is 4.79 Å². The zero-order chi connectivity index (χ0) is 13.7. The number of aryl methyl sites for hydroxylation is 2. The average Bonchev–Trinajstić information content (AvgIpc) is 2.40. The van der Waals surface area contributed by atoms with Crippen molar-refractivity contribution < 1.29 is 4.79 Å². The molecule has 0 fully saturated rings. The Morgan fingerprint density at radius 1 is 1.11 bits per heavy atom. The molecule has 3 N–H and O–H groups in total. The molecule has 0 heterocycles. The van der Waals surface area contributed by atoms with Crippen molar-refractivity contribution in [2.75, 3.05) is 11.1 Å². The highest BCUT2D eigenvalue weighted by Gasteiger charge is 2.06. The van der Waals surface area contributed by atoms with E-state index in [1.54, 1.807) is 0 Å². The first-order chi connectivity index (χ1) is 9.16. The molecule has 0 spiro atoms. The van der Waals surface area contributed by atoms with Crippen LogP contribution in [0.3, 0.4) is 0 Å². The van der Waals surface area contributed by atoms with Crippen LogP contribution < -0.4 is 11.1 Å². The summed E-state index contributed by atoms with van der Waals surface area (Å²) in [6.07, 6.45) is 1.09. The van der Waals surface area contributed by atoms with Gasteiger partial charge in [-0.2, -0.15) is 0 Å². The third-order valence-electron chi connectivity index (χ3n) is 3.10. The summed E-state index contributed by atoms with van der Waals surface area (Å²) >= 11 is 0. The summed E-state index contributed by atoms with van der Waals surface area (Å²) in [5.74, 6) is 0.0116. The maximum atomic E-state index is 11.9. The number of benzene rings is 2. The third kappa shape index (κ3) is 3.58. The van der Waals surface area contributed by atoms with Crippen LogP contribution in [-0.2, 0) is 11.2 Å². The minimum Gasteiger partial charge on any atom is -0.399 e. The van der Waals surface area contributed by atoms with Gasteiger partial charge in [0.15, 0.2) is 0 Å². The van der Waals surface area contributed by atoms with E-state index in [4.69, 9.17) is 5.73 Å². The highest BCUT2D eigenvalue weighted by molar-refractivity contribution is 5.91. The van der Waals surface area contributed by atoms with Crippen LogP contribution >= 0.6 is 0 Å². The van der Waals surface area contributed by atoms with Crippen LogP contribution in [0.2, 0.25) is 0 Å². The fourth-order valence-corrected chi connectivity index (χ4v) is 1.94. The Morgan fingerprint density at radius 2 is 1.79 bits per heavy atom. The topological polar surface area (TPSA) is 55.1 Å². The van der Waals surface area contributed by atoms with E-state index in [0.717, 1.165) is 22.5 Å². The highest BCUT2D eigenvalue weighted by atomic mass is 16.1. The minimum absolute atomic E-state index is 0.0116. The lowest BCUT2D eigenvalue weighted by atomic mass is 10.1. The van der Waals surface area contributed by atoms with Crippen molar-refractivity contribution >= 4 is 17.3 Å². The molecule has 1 amide bonds. The van der Waals surface area contributed by atoms with E-state index in [1.807, 2.05) is 55.5 Å². The van der Waals surface area contributed by atoms with E-state index in [0.29, 0.717) is 12.8 Å². The fraction of sp³-hybridized carbons (Fsp3) is 0.188. The van der Waals surface area contributed by atoms with Crippen LogP contribution in [0.15, 0.2) is 48.5 Å². The molecular weight excluding hydrogens is 236 g/mol. The quantitative estimate of drug-likeness (QED) is 0.823. The van der Waals surface area contributed by atoms with Gasteiger partial charge in [-0.1, -0.05) is 36.4 Å². The molecule has 0 atom stereocenters.